The standard InChI is InChI=1S/C14H19ClN4O/c1-9(2)16-8-12-11(15)5-6-13(17-12)20-14-7-10(3)18-19(14)4/h5-7,9,16H,8H2,1-4H3. The summed E-state index contributed by atoms with van der Waals surface area (Å²) in [6, 6.07) is 5.79. The molecule has 0 saturated heterocycles. The van der Waals surface area contributed by atoms with Crippen LogP contribution >= 0.6 is 11.6 Å². The highest BCUT2D eigenvalue weighted by molar-refractivity contribution is 6.31. The van der Waals surface area contributed by atoms with E-state index < -0.39 is 0 Å². The summed E-state index contributed by atoms with van der Waals surface area (Å²) in [5.74, 6) is 1.16. The Bertz CT molecular complexity index is 595. The number of ether oxygens (including phenoxy) is 1. The van der Waals surface area contributed by atoms with Gasteiger partial charge < -0.3 is 10.1 Å². The maximum absolute atomic E-state index is 6.14. The van der Waals surface area contributed by atoms with Crippen molar-refractivity contribution in [2.45, 2.75) is 33.4 Å². The first-order valence-electron chi connectivity index (χ1n) is 6.53. The molecule has 0 spiro atoms. The molecule has 0 saturated carbocycles. The molecule has 5 nitrogen and oxygen atoms in total. The zero-order valence-electron chi connectivity index (χ0n) is 12.1. The number of aryl methyl sites for hydroxylation is 2. The molecule has 20 heavy (non-hydrogen) atoms. The Morgan fingerprint density at radius 3 is 2.75 bits per heavy atom. The fraction of sp³-hybridized carbons (Fsp3) is 0.429. The second-order valence-electron chi connectivity index (χ2n) is 4.96. The number of halogens is 1. The Labute approximate surface area is 123 Å². The predicted molar refractivity (Wildman–Crippen MR) is 79.2 cm³/mol. The third-order valence-electron chi connectivity index (χ3n) is 2.74. The van der Waals surface area contributed by atoms with E-state index in [1.165, 1.54) is 0 Å². The maximum Gasteiger partial charge on any atom is 0.221 e. The largest absolute Gasteiger partial charge is 0.421 e. The molecule has 0 bridgehead atoms. The zero-order valence-corrected chi connectivity index (χ0v) is 12.9. The average molecular weight is 295 g/mol. The van der Waals surface area contributed by atoms with Crippen molar-refractivity contribution < 1.29 is 4.74 Å². The van der Waals surface area contributed by atoms with Crippen molar-refractivity contribution in [2.24, 2.45) is 7.05 Å². The minimum absolute atomic E-state index is 0.372. The van der Waals surface area contributed by atoms with E-state index in [4.69, 9.17) is 16.3 Å². The molecule has 2 aromatic heterocycles. The van der Waals surface area contributed by atoms with E-state index in [0.717, 1.165) is 11.4 Å². The number of aromatic nitrogens is 3. The van der Waals surface area contributed by atoms with Gasteiger partial charge in [0, 0.05) is 31.8 Å². The Kier molecular flexibility index (Phi) is 4.62. The van der Waals surface area contributed by atoms with Gasteiger partial charge in [-0.15, -0.1) is 0 Å². The molecule has 0 fully saturated rings. The summed E-state index contributed by atoms with van der Waals surface area (Å²) in [4.78, 5) is 4.43. The molecule has 1 N–H and O–H groups in total. The third kappa shape index (κ3) is 3.71. The number of nitrogens with one attached hydrogen (secondary N) is 1. The summed E-state index contributed by atoms with van der Waals surface area (Å²) in [6.45, 7) is 6.68. The van der Waals surface area contributed by atoms with Gasteiger partial charge in [-0.25, -0.2) is 9.67 Å². The molecular formula is C14H19ClN4O. The van der Waals surface area contributed by atoms with Crippen LogP contribution in [-0.2, 0) is 13.6 Å². The van der Waals surface area contributed by atoms with Gasteiger partial charge in [-0.05, 0) is 13.0 Å². The quantitative estimate of drug-likeness (QED) is 0.921. The molecule has 0 radical (unpaired) electrons. The number of rotatable bonds is 5. The lowest BCUT2D eigenvalue weighted by Gasteiger charge is -2.10. The Balaban J connectivity index is 2.16. The zero-order chi connectivity index (χ0) is 14.7. The fourth-order valence-electron chi connectivity index (χ4n) is 1.74. The maximum atomic E-state index is 6.14. The molecule has 108 valence electrons. The van der Waals surface area contributed by atoms with E-state index in [-0.39, 0.29) is 0 Å². The van der Waals surface area contributed by atoms with Gasteiger partial charge in [-0.2, -0.15) is 5.10 Å². The molecule has 2 rings (SSSR count). The number of nitrogens with zero attached hydrogens (tertiary/aromatic N) is 3. The van der Waals surface area contributed by atoms with Crippen molar-refractivity contribution in [3.8, 4) is 11.8 Å². The number of hydrogen-bond acceptors (Lipinski definition) is 4. The molecule has 0 unspecified atom stereocenters. The first-order chi connectivity index (χ1) is 9.45. The van der Waals surface area contributed by atoms with Crippen LogP contribution in [0.15, 0.2) is 18.2 Å². The van der Waals surface area contributed by atoms with E-state index in [0.29, 0.717) is 29.4 Å². The topological polar surface area (TPSA) is 52.0 Å². The van der Waals surface area contributed by atoms with Crippen molar-refractivity contribution in [2.75, 3.05) is 0 Å². The van der Waals surface area contributed by atoms with Crippen LogP contribution in [0.3, 0.4) is 0 Å². The van der Waals surface area contributed by atoms with E-state index >= 15 is 0 Å². The van der Waals surface area contributed by atoms with Crippen LogP contribution in [0.1, 0.15) is 25.2 Å². The second kappa shape index (κ2) is 6.24. The highest BCUT2D eigenvalue weighted by Crippen LogP contribution is 2.23. The molecule has 0 amide bonds. The van der Waals surface area contributed by atoms with E-state index in [1.807, 2.05) is 20.0 Å². The first kappa shape index (κ1) is 14.8. The van der Waals surface area contributed by atoms with Gasteiger partial charge in [-0.1, -0.05) is 25.4 Å². The molecular weight excluding hydrogens is 276 g/mol. The number of pyridine rings is 1. The van der Waals surface area contributed by atoms with Crippen LogP contribution in [0.25, 0.3) is 0 Å². The van der Waals surface area contributed by atoms with Crippen molar-refractivity contribution in [3.63, 3.8) is 0 Å². The second-order valence-corrected chi connectivity index (χ2v) is 5.37. The van der Waals surface area contributed by atoms with Crippen molar-refractivity contribution in [1.82, 2.24) is 20.1 Å². The van der Waals surface area contributed by atoms with Gasteiger partial charge >= 0.3 is 0 Å². The predicted octanol–water partition coefficient (Wildman–Crippen LogP) is 3.07. The third-order valence-corrected chi connectivity index (χ3v) is 3.08. The minimum atomic E-state index is 0.372. The van der Waals surface area contributed by atoms with Crippen LogP contribution in [0, 0.1) is 6.92 Å². The monoisotopic (exact) mass is 294 g/mol. The van der Waals surface area contributed by atoms with Crippen molar-refractivity contribution in [1.29, 1.82) is 0 Å². The summed E-state index contributed by atoms with van der Waals surface area (Å²) in [6.07, 6.45) is 0. The molecule has 0 aromatic carbocycles. The molecule has 2 heterocycles. The van der Waals surface area contributed by atoms with Crippen molar-refractivity contribution in [3.05, 3.63) is 34.6 Å². The van der Waals surface area contributed by atoms with E-state index in [9.17, 15) is 0 Å². The lowest BCUT2D eigenvalue weighted by molar-refractivity contribution is 0.413. The van der Waals surface area contributed by atoms with Crippen molar-refractivity contribution >= 4 is 11.6 Å². The normalized spacial score (nSPS) is 11.1. The lowest BCUT2D eigenvalue weighted by atomic mass is 10.3. The van der Waals surface area contributed by atoms with Crippen LogP contribution in [0.4, 0.5) is 0 Å². The lowest BCUT2D eigenvalue weighted by Crippen LogP contribution is -2.22. The summed E-state index contributed by atoms with van der Waals surface area (Å²) >= 11 is 6.14. The Hall–Kier alpha value is -1.59. The van der Waals surface area contributed by atoms with Gasteiger partial charge in [0.2, 0.25) is 11.8 Å². The van der Waals surface area contributed by atoms with Crippen LogP contribution in [0.2, 0.25) is 5.02 Å². The van der Waals surface area contributed by atoms with E-state index in [2.05, 4.69) is 29.2 Å². The Morgan fingerprint density at radius 1 is 1.40 bits per heavy atom. The summed E-state index contributed by atoms with van der Waals surface area (Å²) in [5, 5.41) is 8.15. The van der Waals surface area contributed by atoms with Gasteiger partial charge in [0.1, 0.15) is 0 Å². The molecule has 0 aliphatic carbocycles. The molecule has 0 aliphatic rings. The van der Waals surface area contributed by atoms with Crippen LogP contribution in [-0.4, -0.2) is 20.8 Å². The number of hydrogen-bond donors (Lipinski definition) is 1. The van der Waals surface area contributed by atoms with Gasteiger partial charge in [0.15, 0.2) is 0 Å². The molecule has 0 atom stereocenters. The minimum Gasteiger partial charge on any atom is -0.421 e. The fourth-order valence-corrected chi connectivity index (χ4v) is 1.91. The van der Waals surface area contributed by atoms with Gasteiger partial charge in [0.05, 0.1) is 16.4 Å². The molecule has 2 aromatic rings. The van der Waals surface area contributed by atoms with Gasteiger partial charge in [-0.3, -0.25) is 0 Å². The molecule has 6 heteroatoms. The highest BCUT2D eigenvalue weighted by atomic mass is 35.5. The van der Waals surface area contributed by atoms with E-state index in [1.54, 1.807) is 16.8 Å². The summed E-state index contributed by atoms with van der Waals surface area (Å²) in [7, 11) is 1.83. The van der Waals surface area contributed by atoms with Crippen LogP contribution < -0.4 is 10.1 Å². The molecule has 0 aliphatic heterocycles. The summed E-state index contributed by atoms with van der Waals surface area (Å²) < 4.78 is 7.41. The SMILES string of the molecule is Cc1cc(Oc2ccc(Cl)c(CNC(C)C)n2)n(C)n1. The van der Waals surface area contributed by atoms with Crippen LogP contribution in [0.5, 0.6) is 11.8 Å². The van der Waals surface area contributed by atoms with Gasteiger partial charge in [0.25, 0.3) is 0 Å². The Morgan fingerprint density at radius 2 is 2.15 bits per heavy atom. The smallest absolute Gasteiger partial charge is 0.221 e. The highest BCUT2D eigenvalue weighted by Gasteiger charge is 2.09. The summed E-state index contributed by atoms with van der Waals surface area (Å²) in [5.41, 5.74) is 1.68. The first-order valence-corrected chi connectivity index (χ1v) is 6.91. The average Bonchev–Trinajstić information content (AvgIpc) is 2.68.